The van der Waals surface area contributed by atoms with Crippen LogP contribution in [0.1, 0.15) is 5.56 Å². The Morgan fingerprint density at radius 3 is 2.17 bits per heavy atom. The lowest BCUT2D eigenvalue weighted by Gasteiger charge is -1.96. The molecule has 0 spiro atoms. The lowest BCUT2D eigenvalue weighted by molar-refractivity contribution is 0.474. The Labute approximate surface area is 112 Å². The molecule has 0 atom stereocenters. The Balaban J connectivity index is 0.000000180. The summed E-state index contributed by atoms with van der Waals surface area (Å²) in [6.07, 6.45) is 1.12. The first-order valence-corrected chi connectivity index (χ1v) is 5.77. The third-order valence-electron chi connectivity index (χ3n) is 2.23. The van der Waals surface area contributed by atoms with E-state index in [1.54, 1.807) is 24.3 Å². The van der Waals surface area contributed by atoms with Gasteiger partial charge in [0.25, 0.3) is 0 Å². The number of anilines is 1. The quantitative estimate of drug-likeness (QED) is 0.722. The first-order chi connectivity index (χ1) is 8.67. The van der Waals surface area contributed by atoms with Crippen molar-refractivity contribution >= 4 is 23.5 Å². The number of aromatic hydroxyl groups is 1. The fraction of sp³-hybridized carbons (Fsp3) is 0.0714. The van der Waals surface area contributed by atoms with Crippen molar-refractivity contribution in [3.05, 3.63) is 59.1 Å². The molecule has 0 aliphatic heterocycles. The summed E-state index contributed by atoms with van der Waals surface area (Å²) in [7, 11) is 1.88. The number of para-hydroxylation sites is 1. The summed E-state index contributed by atoms with van der Waals surface area (Å²) >= 11 is 5.64. The average Bonchev–Trinajstić information content (AvgIpc) is 2.41. The summed E-state index contributed by atoms with van der Waals surface area (Å²) in [4.78, 5) is 0. The fourth-order valence-corrected chi connectivity index (χ4v) is 1.35. The summed E-state index contributed by atoms with van der Waals surface area (Å²) in [6, 6.07) is 14.3. The standard InChI is InChI=1S/C7H8ClN.C7H7NO/c1-9-7-4-2-6(8)3-5-7;8-5-6-3-1-2-4-7(6)9/h2-5,9H,1H3;1-5,8-9H. The monoisotopic (exact) mass is 262 g/mol. The molecule has 2 aromatic carbocycles. The molecule has 0 bridgehead atoms. The third kappa shape index (κ3) is 4.47. The zero-order valence-corrected chi connectivity index (χ0v) is 10.8. The minimum absolute atomic E-state index is 0.160. The molecular formula is C14H15ClN2O. The molecule has 0 amide bonds. The van der Waals surface area contributed by atoms with Gasteiger partial charge in [0.1, 0.15) is 5.75 Å². The Bertz CT molecular complexity index is 497. The predicted molar refractivity (Wildman–Crippen MR) is 77.0 cm³/mol. The first-order valence-electron chi connectivity index (χ1n) is 5.39. The van der Waals surface area contributed by atoms with Crippen molar-refractivity contribution < 1.29 is 5.11 Å². The van der Waals surface area contributed by atoms with Crippen molar-refractivity contribution in [1.82, 2.24) is 0 Å². The maximum absolute atomic E-state index is 8.96. The third-order valence-corrected chi connectivity index (χ3v) is 2.48. The van der Waals surface area contributed by atoms with E-state index in [4.69, 9.17) is 22.1 Å². The van der Waals surface area contributed by atoms with E-state index >= 15 is 0 Å². The fourth-order valence-electron chi connectivity index (χ4n) is 1.23. The molecule has 0 fully saturated rings. The van der Waals surface area contributed by atoms with Crippen molar-refractivity contribution in [1.29, 1.82) is 5.41 Å². The molecule has 0 aliphatic rings. The van der Waals surface area contributed by atoms with Crippen LogP contribution in [-0.2, 0) is 0 Å². The normalized spacial score (nSPS) is 9.00. The topological polar surface area (TPSA) is 56.1 Å². The van der Waals surface area contributed by atoms with Crippen LogP contribution in [0.4, 0.5) is 5.69 Å². The van der Waals surface area contributed by atoms with Gasteiger partial charge in [-0.2, -0.15) is 0 Å². The smallest absolute Gasteiger partial charge is 0.124 e. The van der Waals surface area contributed by atoms with Crippen LogP contribution in [0.2, 0.25) is 5.02 Å². The van der Waals surface area contributed by atoms with Gasteiger partial charge < -0.3 is 15.8 Å². The van der Waals surface area contributed by atoms with Crippen molar-refractivity contribution in [3.8, 4) is 5.75 Å². The number of hydrogen-bond acceptors (Lipinski definition) is 3. The highest BCUT2D eigenvalue weighted by Crippen LogP contribution is 2.12. The average molecular weight is 263 g/mol. The van der Waals surface area contributed by atoms with Crippen LogP contribution in [0.5, 0.6) is 5.75 Å². The summed E-state index contributed by atoms with van der Waals surface area (Å²) < 4.78 is 0. The number of phenolic OH excluding ortho intramolecular Hbond substituents is 1. The Kier molecular flexibility index (Phi) is 5.74. The molecule has 0 aromatic heterocycles. The van der Waals surface area contributed by atoms with Crippen molar-refractivity contribution in [2.45, 2.75) is 0 Å². The van der Waals surface area contributed by atoms with Gasteiger partial charge in [-0.1, -0.05) is 23.7 Å². The van der Waals surface area contributed by atoms with Gasteiger partial charge >= 0.3 is 0 Å². The number of halogens is 1. The van der Waals surface area contributed by atoms with Crippen molar-refractivity contribution in [2.75, 3.05) is 12.4 Å². The SMILES string of the molecule is CNc1ccc(Cl)cc1.N=Cc1ccccc1O. The number of nitrogens with one attached hydrogen (secondary N) is 2. The van der Waals surface area contributed by atoms with Crippen LogP contribution in [0.3, 0.4) is 0 Å². The van der Waals surface area contributed by atoms with Gasteiger partial charge in [-0.25, -0.2) is 0 Å². The number of hydrogen-bond donors (Lipinski definition) is 3. The second kappa shape index (κ2) is 7.35. The van der Waals surface area contributed by atoms with Crippen LogP contribution in [0.25, 0.3) is 0 Å². The lowest BCUT2D eigenvalue weighted by atomic mass is 10.2. The Morgan fingerprint density at radius 2 is 1.72 bits per heavy atom. The molecule has 18 heavy (non-hydrogen) atoms. The second-order valence-electron chi connectivity index (χ2n) is 3.46. The molecular weight excluding hydrogens is 248 g/mol. The van der Waals surface area contributed by atoms with Gasteiger partial charge in [0, 0.05) is 29.5 Å². The van der Waals surface area contributed by atoms with E-state index in [1.807, 2.05) is 31.3 Å². The molecule has 0 unspecified atom stereocenters. The van der Waals surface area contributed by atoms with Gasteiger partial charge in [-0.05, 0) is 36.4 Å². The zero-order valence-electron chi connectivity index (χ0n) is 10.0. The number of rotatable bonds is 2. The molecule has 94 valence electrons. The van der Waals surface area contributed by atoms with E-state index in [9.17, 15) is 0 Å². The van der Waals surface area contributed by atoms with Gasteiger partial charge in [0.15, 0.2) is 0 Å². The highest BCUT2D eigenvalue weighted by atomic mass is 35.5. The van der Waals surface area contributed by atoms with Crippen LogP contribution in [0.15, 0.2) is 48.5 Å². The maximum Gasteiger partial charge on any atom is 0.124 e. The minimum atomic E-state index is 0.160. The molecule has 0 aliphatic carbocycles. The molecule has 0 heterocycles. The van der Waals surface area contributed by atoms with Crippen LogP contribution in [-0.4, -0.2) is 18.4 Å². The van der Waals surface area contributed by atoms with Crippen LogP contribution < -0.4 is 5.32 Å². The predicted octanol–water partition coefficient (Wildman–Crippen LogP) is 3.77. The Morgan fingerprint density at radius 1 is 1.11 bits per heavy atom. The van der Waals surface area contributed by atoms with E-state index in [2.05, 4.69) is 5.32 Å². The molecule has 4 heteroatoms. The van der Waals surface area contributed by atoms with E-state index in [-0.39, 0.29) is 5.75 Å². The second-order valence-corrected chi connectivity index (χ2v) is 3.90. The largest absolute Gasteiger partial charge is 0.507 e. The Hall–Kier alpha value is -2.00. The molecule has 3 nitrogen and oxygen atoms in total. The molecule has 0 saturated carbocycles. The van der Waals surface area contributed by atoms with E-state index in [1.165, 1.54) is 0 Å². The summed E-state index contributed by atoms with van der Waals surface area (Å²) in [5.74, 6) is 0.160. The van der Waals surface area contributed by atoms with Crippen molar-refractivity contribution in [3.63, 3.8) is 0 Å². The lowest BCUT2D eigenvalue weighted by Crippen LogP contribution is -1.84. The van der Waals surface area contributed by atoms with E-state index in [0.717, 1.165) is 16.9 Å². The zero-order chi connectivity index (χ0) is 13.4. The highest BCUT2D eigenvalue weighted by molar-refractivity contribution is 6.30. The van der Waals surface area contributed by atoms with Gasteiger partial charge in [-0.15, -0.1) is 0 Å². The first kappa shape index (κ1) is 14.1. The minimum Gasteiger partial charge on any atom is -0.507 e. The van der Waals surface area contributed by atoms with Crippen molar-refractivity contribution in [2.24, 2.45) is 0 Å². The molecule has 0 radical (unpaired) electrons. The molecule has 0 saturated heterocycles. The maximum atomic E-state index is 8.96. The molecule has 2 aromatic rings. The molecule has 2 rings (SSSR count). The summed E-state index contributed by atoms with van der Waals surface area (Å²) in [6.45, 7) is 0. The molecule has 3 N–H and O–H groups in total. The van der Waals surface area contributed by atoms with Gasteiger partial charge in [0.05, 0.1) is 0 Å². The van der Waals surface area contributed by atoms with E-state index < -0.39 is 0 Å². The van der Waals surface area contributed by atoms with E-state index in [0.29, 0.717) is 5.56 Å². The number of benzene rings is 2. The van der Waals surface area contributed by atoms with Crippen LogP contribution >= 0.6 is 11.6 Å². The summed E-state index contributed by atoms with van der Waals surface area (Å²) in [5, 5.41) is 19.5. The van der Waals surface area contributed by atoms with Gasteiger partial charge in [0.2, 0.25) is 0 Å². The van der Waals surface area contributed by atoms with Crippen LogP contribution in [0, 0.1) is 5.41 Å². The highest BCUT2D eigenvalue weighted by Gasteiger charge is 1.91. The number of phenols is 1. The summed E-state index contributed by atoms with van der Waals surface area (Å²) in [5.41, 5.74) is 1.64. The van der Waals surface area contributed by atoms with Gasteiger partial charge in [-0.3, -0.25) is 0 Å².